The Balaban J connectivity index is 0.000000182. The third-order valence-corrected chi connectivity index (χ3v) is 21.3. The van der Waals surface area contributed by atoms with E-state index in [0.29, 0.717) is 18.3 Å². The van der Waals surface area contributed by atoms with E-state index in [2.05, 4.69) is 112 Å². The number of fused-ring (bicyclic) bond motifs is 5. The second-order valence-corrected chi connectivity index (χ2v) is 23.0. The Hall–Kier alpha value is -2.19. The van der Waals surface area contributed by atoms with E-state index < -0.39 is 31.8 Å². The van der Waals surface area contributed by atoms with Crippen molar-refractivity contribution in [2.24, 2.45) is 46.3 Å². The summed E-state index contributed by atoms with van der Waals surface area (Å²) in [6.45, 7) is 6.67. The van der Waals surface area contributed by atoms with Crippen LogP contribution in [0, 0.1) is 46.3 Å². The van der Waals surface area contributed by atoms with E-state index in [1.54, 1.807) is 0 Å². The molecule has 3 unspecified atom stereocenters. The summed E-state index contributed by atoms with van der Waals surface area (Å²) in [7, 11) is 0. The van der Waals surface area contributed by atoms with Crippen molar-refractivity contribution in [1.29, 1.82) is 0 Å². The average molecular weight is 758 g/mol. The molecule has 0 amide bonds. The monoisotopic (exact) mass is 758 g/mol. The average Bonchev–Trinajstić information content (AvgIpc) is 3.45. The Labute approximate surface area is 294 Å². The van der Waals surface area contributed by atoms with Gasteiger partial charge in [0.1, 0.15) is 0 Å². The van der Waals surface area contributed by atoms with Crippen molar-refractivity contribution in [3.05, 3.63) is 91.0 Å². The van der Waals surface area contributed by atoms with Crippen molar-refractivity contribution in [1.82, 2.24) is 0 Å². The summed E-state index contributed by atoms with van der Waals surface area (Å²) in [6, 6.07) is 32.9. The molecule has 0 aromatic heterocycles. The number of hydrogen-bond acceptors (Lipinski definition) is 5. The van der Waals surface area contributed by atoms with E-state index in [0.717, 1.165) is 44.9 Å². The molecule has 0 spiro atoms. The summed E-state index contributed by atoms with van der Waals surface area (Å²) >= 11 is -1.98. The maximum atomic E-state index is 11.5. The quantitative estimate of drug-likeness (QED) is 0.312. The molecule has 11 atom stereocenters. The molecule has 4 fully saturated rings. The van der Waals surface area contributed by atoms with E-state index in [1.807, 2.05) is 0 Å². The van der Waals surface area contributed by atoms with Crippen LogP contribution in [0.2, 0.25) is 0 Å². The van der Waals surface area contributed by atoms with Gasteiger partial charge in [-0.05, 0) is 104 Å². The summed E-state index contributed by atoms with van der Waals surface area (Å²) in [6.07, 6.45) is 5.72. The van der Waals surface area contributed by atoms with Crippen molar-refractivity contribution in [2.75, 3.05) is 0 Å². The predicted octanol–water partition coefficient (Wildman–Crippen LogP) is 4.32. The van der Waals surface area contributed by atoms with Gasteiger partial charge in [0, 0.05) is 5.97 Å². The van der Waals surface area contributed by atoms with Gasteiger partial charge in [0.25, 0.3) is 0 Å². The number of hydrogen-bond donors (Lipinski definition) is 3. The van der Waals surface area contributed by atoms with Gasteiger partial charge in [0.15, 0.2) is 0 Å². The number of rotatable bonds is 7. The van der Waals surface area contributed by atoms with Crippen LogP contribution in [-0.4, -0.2) is 59.4 Å². The minimum absolute atomic E-state index is 0.0747. The summed E-state index contributed by atoms with van der Waals surface area (Å²) in [5.41, 5.74) is -0.172. The first-order valence-electron chi connectivity index (χ1n) is 18.3. The van der Waals surface area contributed by atoms with E-state index >= 15 is 0 Å². The topological polar surface area (TPSA) is 101 Å². The molecule has 3 aromatic carbocycles. The first-order chi connectivity index (χ1) is 23.0. The molecule has 4 aliphatic rings. The molecule has 7 rings (SSSR count). The van der Waals surface area contributed by atoms with E-state index in [-0.39, 0.29) is 53.1 Å². The van der Waals surface area contributed by atoms with Crippen LogP contribution in [0.4, 0.5) is 0 Å². The fourth-order valence-corrected chi connectivity index (χ4v) is 18.3. The van der Waals surface area contributed by atoms with Crippen LogP contribution in [0.25, 0.3) is 0 Å². The molecular formula is C42H54O5Sn. The molecule has 256 valence electrons. The van der Waals surface area contributed by atoms with Crippen molar-refractivity contribution >= 4 is 36.5 Å². The number of carboxylic acids is 1. The van der Waals surface area contributed by atoms with Crippen molar-refractivity contribution < 1.29 is 25.2 Å². The Kier molecular flexibility index (Phi) is 11.1. The third kappa shape index (κ3) is 6.91. The molecule has 4 saturated carbocycles. The van der Waals surface area contributed by atoms with Gasteiger partial charge < -0.3 is 25.2 Å². The second kappa shape index (κ2) is 15.0. The normalized spacial score (nSPS) is 36.0. The van der Waals surface area contributed by atoms with Gasteiger partial charge in [-0.2, -0.15) is 0 Å². The number of aliphatic hydroxyl groups excluding tert-OH is 3. The molecule has 3 aromatic rings. The summed E-state index contributed by atoms with van der Waals surface area (Å²) in [4.78, 5) is 11.0. The van der Waals surface area contributed by atoms with E-state index in [1.165, 1.54) is 10.7 Å². The van der Waals surface area contributed by atoms with Crippen LogP contribution < -0.4 is 15.8 Å². The van der Waals surface area contributed by atoms with Gasteiger partial charge >= 0.3 is 121 Å². The summed E-state index contributed by atoms with van der Waals surface area (Å²) in [5.74, 6) is 0.635. The van der Waals surface area contributed by atoms with E-state index in [4.69, 9.17) is 0 Å². The number of benzene rings is 3. The number of carbonyl (C=O) groups is 1. The van der Waals surface area contributed by atoms with Crippen LogP contribution in [0.5, 0.6) is 0 Å². The van der Waals surface area contributed by atoms with Crippen LogP contribution in [0.1, 0.15) is 78.6 Å². The van der Waals surface area contributed by atoms with E-state index in [9.17, 15) is 25.2 Å². The summed E-state index contributed by atoms with van der Waals surface area (Å²) in [5, 5.41) is 43.9. The maximum absolute atomic E-state index is 11.5. The van der Waals surface area contributed by atoms with Gasteiger partial charge in [-0.25, -0.2) is 0 Å². The Morgan fingerprint density at radius 3 is 1.85 bits per heavy atom. The molecule has 0 heterocycles. The zero-order valence-corrected chi connectivity index (χ0v) is 31.7. The molecule has 0 bridgehead atoms. The molecule has 5 nitrogen and oxygen atoms in total. The fraction of sp³-hybridized carbons (Fsp3) is 0.548. The predicted molar refractivity (Wildman–Crippen MR) is 191 cm³/mol. The molecule has 6 heteroatoms. The zero-order chi connectivity index (χ0) is 34.1. The molecule has 0 saturated heterocycles. The number of carbonyl (C=O) groups excluding carboxylic acids is 1. The van der Waals surface area contributed by atoms with Crippen LogP contribution in [0.3, 0.4) is 0 Å². The zero-order valence-electron chi connectivity index (χ0n) is 28.9. The van der Waals surface area contributed by atoms with Gasteiger partial charge in [-0.3, -0.25) is 0 Å². The number of carboxylic acid groups (broad SMARTS) is 1. The van der Waals surface area contributed by atoms with Crippen LogP contribution in [0.15, 0.2) is 91.0 Å². The SMILES string of the molecule is C[C@H](CCC(=O)[O-])[C@H]1CCC2C3C(C[C@H](O)[C@@]21C)[C@@]1(C)CC[C@@H](O)C[C@H]1C[C@H]3O.c1cc[c]([Sn+]([c]2ccccc2)[c]2ccccc2)cc1. The standard InChI is InChI=1S/C24H40O5.3C6H5.Sn/c1-13(4-7-21(28)29)16-5-6-17-22-18(12-20(27)24(16,17)3)23(2)9-8-15(25)10-14(23)11-19(22)26;3*1-2-4-6-5-3-1;/h13-20,22,25-27H,4-12H2,1-3H3,(H,28,29);3*1-5H;/q;;;;+1/p-1/t13-,14+,15-,16-,17?,18?,19-,20+,22?,23+,24-;;;;/m1..../s1. The molecule has 3 N–H and O–H groups in total. The Bertz CT molecular complexity index is 1390. The van der Waals surface area contributed by atoms with Crippen molar-refractivity contribution in [3.8, 4) is 0 Å². The second-order valence-electron chi connectivity index (χ2n) is 15.9. The molecular weight excluding hydrogens is 703 g/mol. The molecule has 0 radical (unpaired) electrons. The first kappa shape index (κ1) is 35.6. The van der Waals surface area contributed by atoms with Crippen molar-refractivity contribution in [2.45, 2.75) is 96.9 Å². The summed E-state index contributed by atoms with van der Waals surface area (Å²) < 4.78 is 4.59. The van der Waals surface area contributed by atoms with Gasteiger partial charge in [-0.1, -0.05) is 20.8 Å². The number of aliphatic hydroxyl groups is 3. The van der Waals surface area contributed by atoms with Crippen LogP contribution >= 0.6 is 0 Å². The number of aliphatic carboxylic acids is 1. The minimum atomic E-state index is -1.98. The molecule has 4 aliphatic carbocycles. The molecule has 48 heavy (non-hydrogen) atoms. The van der Waals surface area contributed by atoms with Gasteiger partial charge in [0.05, 0.1) is 18.3 Å². The molecule has 0 aliphatic heterocycles. The Morgan fingerprint density at radius 2 is 1.33 bits per heavy atom. The van der Waals surface area contributed by atoms with Crippen LogP contribution in [-0.2, 0) is 4.79 Å². The van der Waals surface area contributed by atoms with Gasteiger partial charge in [0.2, 0.25) is 0 Å². The Morgan fingerprint density at radius 1 is 0.792 bits per heavy atom. The fourth-order valence-electron chi connectivity index (χ4n) is 11.0. The van der Waals surface area contributed by atoms with Gasteiger partial charge in [-0.15, -0.1) is 0 Å². The third-order valence-electron chi connectivity index (χ3n) is 13.5. The van der Waals surface area contributed by atoms with Crippen molar-refractivity contribution in [3.63, 3.8) is 0 Å². The first-order valence-corrected chi connectivity index (χ1v) is 22.6.